The first-order valence-electron chi connectivity index (χ1n) is 2.62. The van der Waals surface area contributed by atoms with Crippen molar-refractivity contribution in [3.05, 3.63) is 0 Å². The number of hydrogen-bond acceptors (Lipinski definition) is 5. The molecule has 1 aliphatic heterocycles. The predicted octanol–water partition coefficient (Wildman–Crippen LogP) is -0.538. The molecule has 0 bridgehead atoms. The molecule has 0 aliphatic carbocycles. The van der Waals surface area contributed by atoms with Gasteiger partial charge in [-0.25, -0.2) is 0 Å². The molecule has 8 heteroatoms. The fourth-order valence-corrected chi connectivity index (χ4v) is 2.65. The smallest absolute Gasteiger partial charge is 0.420 e. The van der Waals surface area contributed by atoms with Crippen molar-refractivity contribution in [3.63, 3.8) is 0 Å². The van der Waals surface area contributed by atoms with Crippen LogP contribution >= 0.6 is 8.03 Å². The van der Waals surface area contributed by atoms with Gasteiger partial charge in [0.05, 0.1) is 13.0 Å². The van der Waals surface area contributed by atoms with E-state index in [1.165, 1.54) is 0 Å². The predicted molar refractivity (Wildman–Crippen MR) is 30.9 cm³/mol. The van der Waals surface area contributed by atoms with Crippen LogP contribution in [0.25, 0.3) is 0 Å². The first kappa shape index (κ1) is 8.99. The van der Waals surface area contributed by atoms with E-state index in [0.29, 0.717) is 0 Å². The van der Waals surface area contributed by atoms with Crippen LogP contribution in [-0.2, 0) is 18.9 Å². The molecule has 11 heavy (non-hydrogen) atoms. The largest absolute Gasteiger partial charge is 0.592 e. The van der Waals surface area contributed by atoms with Gasteiger partial charge in [0.2, 0.25) is 0 Å². The fourth-order valence-electron chi connectivity index (χ4n) is 0.675. The topological polar surface area (TPSA) is 83.5 Å². The molecule has 0 aromatic rings. The molecule has 64 valence electrons. The Hall–Kier alpha value is -0.100. The number of halogens is 1. The Labute approximate surface area is 63.2 Å². The number of hydrogen-bond donors (Lipinski definition) is 0. The van der Waals surface area contributed by atoms with Gasteiger partial charge in [0, 0.05) is 0 Å². The third kappa shape index (κ3) is 1.18. The van der Waals surface area contributed by atoms with Gasteiger partial charge in [-0.1, -0.05) is 4.57 Å². The van der Waals surface area contributed by atoms with Gasteiger partial charge < -0.3 is 4.89 Å². The van der Waals surface area contributed by atoms with E-state index in [4.69, 9.17) is 0 Å². The summed E-state index contributed by atoms with van der Waals surface area (Å²) >= 11 is 0. The third-order valence-electron chi connectivity index (χ3n) is 1.30. The molecule has 0 N–H and O–H groups in total. The zero-order valence-corrected chi connectivity index (χ0v) is 6.90. The first-order chi connectivity index (χ1) is 4.90. The molecular weight excluding hydrogens is 198 g/mol. The van der Waals surface area contributed by atoms with Crippen molar-refractivity contribution in [2.45, 2.75) is 11.2 Å². The van der Waals surface area contributed by atoms with E-state index in [2.05, 4.69) is 4.18 Å². The average Bonchev–Trinajstić information content (AvgIpc) is 2.09. The second kappa shape index (κ2) is 2.45. The highest BCUT2D eigenvalue weighted by Gasteiger charge is 2.62. The van der Waals surface area contributed by atoms with E-state index in [9.17, 15) is 22.3 Å². The summed E-state index contributed by atoms with van der Waals surface area (Å²) in [5.41, 5.74) is 0. The maximum atomic E-state index is 12.9. The lowest BCUT2D eigenvalue weighted by Crippen LogP contribution is -2.27. The summed E-state index contributed by atoms with van der Waals surface area (Å²) in [6.45, 7) is -0.415. The fraction of sp³-hybridized carbons (Fsp3) is 1.00. The molecule has 0 spiro atoms. The second-order valence-corrected chi connectivity index (χ2v) is 5.29. The van der Waals surface area contributed by atoms with Gasteiger partial charge in [-0.2, -0.15) is 12.8 Å². The average molecular weight is 202 g/mol. The minimum Gasteiger partial charge on any atom is -0.592 e. The lowest BCUT2D eigenvalue weighted by atomic mass is 10.5. The van der Waals surface area contributed by atoms with Crippen LogP contribution in [-0.4, -0.2) is 19.8 Å². The molecule has 1 heterocycles. The van der Waals surface area contributed by atoms with Gasteiger partial charge in [0.1, 0.15) is 0 Å². The van der Waals surface area contributed by atoms with E-state index >= 15 is 0 Å². The Balaban J connectivity index is 3.14. The highest BCUT2D eigenvalue weighted by molar-refractivity contribution is 7.93. The number of alkyl halides is 1. The Kier molecular flexibility index (Phi) is 2.00. The lowest BCUT2D eigenvalue weighted by molar-refractivity contribution is -0.170. The second-order valence-electron chi connectivity index (χ2n) is 1.97. The summed E-state index contributed by atoms with van der Waals surface area (Å²) in [6.07, 6.45) is -0.645. The Morgan fingerprint density at radius 2 is 2.18 bits per heavy atom. The molecule has 0 aromatic carbocycles. The van der Waals surface area contributed by atoms with E-state index in [1.807, 2.05) is 0 Å². The normalized spacial score (nSPS) is 37.1. The third-order valence-corrected chi connectivity index (χ3v) is 4.64. The SMILES string of the molecule is O=[P+]([O-])C1(F)CCOS1(=O)=O. The quantitative estimate of drug-likeness (QED) is 0.421. The van der Waals surface area contributed by atoms with Gasteiger partial charge in [-0.15, -0.1) is 0 Å². The molecule has 0 aromatic heterocycles. The zero-order valence-electron chi connectivity index (χ0n) is 5.19. The lowest BCUT2D eigenvalue weighted by Gasteiger charge is -2.04. The van der Waals surface area contributed by atoms with Crippen LogP contribution < -0.4 is 4.89 Å². The summed E-state index contributed by atoms with van der Waals surface area (Å²) in [5, 5.41) is 0. The van der Waals surface area contributed by atoms with Gasteiger partial charge >= 0.3 is 22.9 Å². The molecule has 5 nitrogen and oxygen atoms in total. The van der Waals surface area contributed by atoms with E-state index in [-0.39, 0.29) is 0 Å². The van der Waals surface area contributed by atoms with Gasteiger partial charge in [-0.3, -0.25) is 4.18 Å². The molecule has 0 radical (unpaired) electrons. The molecule has 1 rings (SSSR count). The van der Waals surface area contributed by atoms with Crippen LogP contribution in [0.2, 0.25) is 0 Å². The first-order valence-corrected chi connectivity index (χ1v) is 5.21. The van der Waals surface area contributed by atoms with Crippen molar-refractivity contribution in [3.8, 4) is 0 Å². The maximum absolute atomic E-state index is 12.9. The summed E-state index contributed by atoms with van der Waals surface area (Å²) < 4.78 is 44.9. The molecular formula is C3H4FO5PS. The van der Waals surface area contributed by atoms with Crippen molar-refractivity contribution < 1.29 is 26.4 Å². The number of rotatable bonds is 1. The van der Waals surface area contributed by atoms with Crippen molar-refractivity contribution in [1.29, 1.82) is 0 Å². The molecule has 2 atom stereocenters. The van der Waals surface area contributed by atoms with E-state index in [0.717, 1.165) is 0 Å². The highest BCUT2D eigenvalue weighted by Crippen LogP contribution is 2.46. The molecule has 1 fully saturated rings. The Morgan fingerprint density at radius 1 is 1.64 bits per heavy atom. The van der Waals surface area contributed by atoms with E-state index in [1.54, 1.807) is 0 Å². The molecule has 0 saturated carbocycles. The monoisotopic (exact) mass is 202 g/mol. The Bertz CT molecular complexity index is 286. The summed E-state index contributed by atoms with van der Waals surface area (Å²) in [6, 6.07) is 0. The standard InChI is InChI=1S/C3H4FO5PS/c4-3(10(5)6)1-2-9-11(3,7)8/h1-2H2. The zero-order chi connectivity index (χ0) is 8.70. The minimum atomic E-state index is -4.55. The molecule has 0 amide bonds. The van der Waals surface area contributed by atoms with Crippen LogP contribution in [0.1, 0.15) is 6.42 Å². The Morgan fingerprint density at radius 3 is 2.36 bits per heavy atom. The highest BCUT2D eigenvalue weighted by atomic mass is 32.2. The van der Waals surface area contributed by atoms with Crippen molar-refractivity contribution in [2.24, 2.45) is 0 Å². The van der Waals surface area contributed by atoms with Crippen LogP contribution in [0, 0.1) is 0 Å². The minimum absolute atomic E-state index is 0.415. The molecule has 1 saturated heterocycles. The van der Waals surface area contributed by atoms with Gasteiger partial charge in [0.25, 0.3) is 0 Å². The summed E-state index contributed by atoms with van der Waals surface area (Å²) in [7, 11) is -8.20. The van der Waals surface area contributed by atoms with Crippen molar-refractivity contribution in [1.82, 2.24) is 0 Å². The van der Waals surface area contributed by atoms with Crippen molar-refractivity contribution >= 4 is 18.1 Å². The van der Waals surface area contributed by atoms with Crippen LogP contribution in [0.5, 0.6) is 0 Å². The van der Waals surface area contributed by atoms with E-state index < -0.39 is 35.9 Å². The molecule has 1 aliphatic rings. The van der Waals surface area contributed by atoms with Crippen molar-refractivity contribution in [2.75, 3.05) is 6.61 Å². The van der Waals surface area contributed by atoms with Crippen LogP contribution in [0.4, 0.5) is 4.39 Å². The summed E-state index contributed by atoms with van der Waals surface area (Å²) in [4.78, 5) is 10.1. The van der Waals surface area contributed by atoms with Crippen LogP contribution in [0.15, 0.2) is 0 Å². The maximum Gasteiger partial charge on any atom is 0.420 e. The van der Waals surface area contributed by atoms with Crippen LogP contribution in [0.3, 0.4) is 0 Å². The van der Waals surface area contributed by atoms with Gasteiger partial charge in [0.15, 0.2) is 0 Å². The molecule has 2 unspecified atom stereocenters. The summed E-state index contributed by atoms with van der Waals surface area (Å²) in [5.74, 6) is 0. The van der Waals surface area contributed by atoms with Gasteiger partial charge in [-0.05, 0) is 0 Å².